The van der Waals surface area contributed by atoms with Crippen LogP contribution < -0.4 is 105 Å². The Morgan fingerprint density at radius 1 is 0.646 bits per heavy atom. The number of benzene rings is 3. The molecule has 0 radical (unpaired) electrons. The largest absolute Gasteiger partial charge is 1.00 e. The Morgan fingerprint density at radius 3 is 1.25 bits per heavy atom. The van der Waals surface area contributed by atoms with E-state index in [1.807, 2.05) is 0 Å². The number of rotatable bonds is 6. The molecule has 8 nitrogen and oxygen atoms in total. The van der Waals surface area contributed by atoms with E-state index in [0.717, 1.165) is 21.2 Å². The Bertz CT molecular complexity index is 1750. The Kier molecular flexibility index (Phi) is 24.6. The van der Waals surface area contributed by atoms with Crippen LogP contribution in [-0.2, 0) is 16.9 Å². The van der Waals surface area contributed by atoms with E-state index in [1.165, 1.54) is 48.9 Å². The molecule has 0 spiro atoms. The van der Waals surface area contributed by atoms with Gasteiger partial charge >= 0.3 is 80.9 Å². The SMILES string of the molecule is Fc1ccc(-c2nc(CCl)co2)cc1.Fc1ccc(-c2nc(CI)co2)cc1.[C-]#N.[C-]#[N+]Cc1coc(-c2ccc(F)cc2)n1.[I-].[K+].[Na+]. The average Bonchev–Trinajstić information content (AvgIpc) is 3.86. The van der Waals surface area contributed by atoms with Crippen molar-refractivity contribution in [2.75, 3.05) is 0 Å². The molecule has 48 heavy (non-hydrogen) atoms. The molecular formula is C32H21ClF3I2KN5NaO3. The van der Waals surface area contributed by atoms with Gasteiger partial charge in [-0.25, -0.2) is 34.7 Å². The van der Waals surface area contributed by atoms with Crippen LogP contribution in [0.5, 0.6) is 0 Å². The minimum Gasteiger partial charge on any atom is -1.00 e. The number of nitrogens with zero attached hydrogens (tertiary/aromatic N) is 5. The molecule has 0 saturated heterocycles. The summed E-state index contributed by atoms with van der Waals surface area (Å²) in [6.45, 7) is 11.6. The first-order valence-corrected chi connectivity index (χ1v) is 14.7. The first-order valence-electron chi connectivity index (χ1n) is 12.7. The number of halogens is 6. The number of aromatic nitrogens is 3. The van der Waals surface area contributed by atoms with Gasteiger partial charge in [0.05, 0.1) is 17.3 Å². The monoisotopic (exact) mass is 931 g/mol. The van der Waals surface area contributed by atoms with E-state index < -0.39 is 0 Å². The molecule has 0 aliphatic heterocycles. The maximum absolute atomic E-state index is 12.6. The van der Waals surface area contributed by atoms with E-state index in [2.05, 4.69) is 42.4 Å². The second kappa shape index (κ2) is 25.4. The molecular weight excluding hydrogens is 911 g/mol. The van der Waals surface area contributed by atoms with Crippen LogP contribution in [0.1, 0.15) is 17.1 Å². The molecule has 0 N–H and O–H groups in total. The van der Waals surface area contributed by atoms with E-state index in [9.17, 15) is 13.2 Å². The number of hydrogen-bond donors (Lipinski definition) is 0. The van der Waals surface area contributed by atoms with Crippen LogP contribution in [-0.4, -0.2) is 15.0 Å². The normalized spacial score (nSPS) is 9.21. The van der Waals surface area contributed by atoms with Gasteiger partial charge in [-0.2, -0.15) is 0 Å². The summed E-state index contributed by atoms with van der Waals surface area (Å²) in [5.74, 6) is 0.884. The van der Waals surface area contributed by atoms with Gasteiger partial charge in [0.25, 0.3) is 6.54 Å². The van der Waals surface area contributed by atoms with Gasteiger partial charge in [-0.1, -0.05) is 22.6 Å². The number of oxazole rings is 3. The van der Waals surface area contributed by atoms with Gasteiger partial charge in [-0.05, 0) is 72.8 Å². The second-order valence-electron chi connectivity index (χ2n) is 8.54. The van der Waals surface area contributed by atoms with Gasteiger partial charge in [0, 0.05) is 21.1 Å². The third kappa shape index (κ3) is 15.1. The van der Waals surface area contributed by atoms with E-state index in [-0.39, 0.29) is 129 Å². The zero-order valence-electron chi connectivity index (χ0n) is 25.5. The van der Waals surface area contributed by atoms with Crippen LogP contribution in [0.2, 0.25) is 0 Å². The summed E-state index contributed by atoms with van der Waals surface area (Å²) in [6.07, 6.45) is 4.55. The molecule has 0 atom stereocenters. The van der Waals surface area contributed by atoms with Crippen LogP contribution in [0.3, 0.4) is 0 Å². The van der Waals surface area contributed by atoms with Crippen LogP contribution in [0.25, 0.3) is 39.2 Å². The minimum absolute atomic E-state index is 0. The van der Waals surface area contributed by atoms with Crippen molar-refractivity contribution in [2.24, 2.45) is 0 Å². The van der Waals surface area contributed by atoms with Crippen molar-refractivity contribution in [1.29, 1.82) is 5.26 Å². The van der Waals surface area contributed by atoms with Gasteiger partial charge in [0.2, 0.25) is 17.7 Å². The van der Waals surface area contributed by atoms with Crippen molar-refractivity contribution in [3.8, 4) is 34.4 Å². The topological polar surface area (TPSA) is 106 Å². The molecule has 0 bridgehead atoms. The summed E-state index contributed by atoms with van der Waals surface area (Å²) < 4.78 is 54.2. The van der Waals surface area contributed by atoms with Crippen LogP contribution >= 0.6 is 34.2 Å². The van der Waals surface area contributed by atoms with Gasteiger partial charge in [0.15, 0.2) is 5.69 Å². The average molecular weight is 932 g/mol. The van der Waals surface area contributed by atoms with Crippen molar-refractivity contribution in [3.63, 3.8) is 0 Å². The predicted molar refractivity (Wildman–Crippen MR) is 168 cm³/mol. The Morgan fingerprint density at radius 2 is 0.958 bits per heavy atom. The Balaban J connectivity index is 0.000000653. The Hall–Kier alpha value is -1.55. The van der Waals surface area contributed by atoms with Crippen molar-refractivity contribution in [1.82, 2.24) is 15.0 Å². The van der Waals surface area contributed by atoms with Gasteiger partial charge in [0.1, 0.15) is 36.2 Å². The molecule has 3 aromatic carbocycles. The van der Waals surface area contributed by atoms with Crippen LogP contribution in [0.15, 0.2) is 105 Å². The zero-order chi connectivity index (χ0) is 32.6. The molecule has 3 heterocycles. The van der Waals surface area contributed by atoms with E-state index in [1.54, 1.807) is 42.7 Å². The molecule has 0 aliphatic carbocycles. The summed E-state index contributed by atoms with van der Waals surface area (Å²) in [5, 5.41) is 6.25. The second-order valence-corrected chi connectivity index (χ2v) is 9.57. The summed E-state index contributed by atoms with van der Waals surface area (Å²) >= 11 is 7.78. The van der Waals surface area contributed by atoms with E-state index >= 15 is 0 Å². The maximum Gasteiger partial charge on any atom is 1.00 e. The third-order valence-corrected chi connectivity index (χ3v) is 6.50. The maximum atomic E-state index is 12.6. The molecule has 0 fully saturated rings. The molecule has 3 aromatic heterocycles. The molecule has 0 amide bonds. The summed E-state index contributed by atoms with van der Waals surface area (Å²) in [7, 11) is 0. The van der Waals surface area contributed by atoms with Crippen molar-refractivity contribution in [2.45, 2.75) is 16.9 Å². The molecule has 16 heteroatoms. The molecule has 6 rings (SSSR count). The quantitative estimate of drug-likeness (QED) is 0.105. The van der Waals surface area contributed by atoms with Crippen molar-refractivity contribution < 1.29 is 131 Å². The molecule has 0 aliphatic rings. The fourth-order valence-electron chi connectivity index (χ4n) is 3.37. The van der Waals surface area contributed by atoms with E-state index in [0.29, 0.717) is 40.5 Å². The van der Waals surface area contributed by atoms with E-state index in [4.69, 9.17) is 43.3 Å². The van der Waals surface area contributed by atoms with Crippen LogP contribution in [0.4, 0.5) is 13.2 Å². The third-order valence-electron chi connectivity index (χ3n) is 5.44. The van der Waals surface area contributed by atoms with Crippen LogP contribution in [0, 0.1) is 35.9 Å². The molecule has 236 valence electrons. The fourth-order valence-corrected chi connectivity index (χ4v) is 3.85. The minimum atomic E-state index is -0.299. The Labute approximate surface area is 375 Å². The first kappa shape index (κ1) is 46.4. The molecule has 0 saturated carbocycles. The number of hydrogen-bond acceptors (Lipinski definition) is 7. The zero-order valence-corrected chi connectivity index (χ0v) is 35.7. The molecule has 6 aromatic rings. The van der Waals surface area contributed by atoms with Gasteiger partial charge in [-0.15, -0.1) is 11.6 Å². The smallest absolute Gasteiger partial charge is 1.00 e. The summed E-state index contributed by atoms with van der Waals surface area (Å²) in [4.78, 5) is 15.6. The molecule has 0 unspecified atom stereocenters. The number of alkyl halides is 2. The van der Waals surface area contributed by atoms with Gasteiger partial charge in [-0.3, -0.25) is 0 Å². The first-order chi connectivity index (χ1) is 21.9. The fraction of sp³-hybridized carbons (Fsp3) is 0.0938. The predicted octanol–water partition coefficient (Wildman–Crippen LogP) is 0.644. The summed E-state index contributed by atoms with van der Waals surface area (Å²) in [6, 6.07) is 17.9. The van der Waals surface area contributed by atoms with Gasteiger partial charge < -0.3 is 53.9 Å². The van der Waals surface area contributed by atoms with Crippen molar-refractivity contribution >= 4 is 34.2 Å². The summed E-state index contributed by atoms with van der Waals surface area (Å²) in [5.41, 5.74) is 4.39. The standard InChI is InChI=1S/C11H7FN2O.C10H7ClFNO.C10H7FINO.CN.HI.K.Na/c1-13-6-10-7-15-11(14-10)8-2-4-9(12)5-3-8;11-5-9-6-14-10(13-9)7-1-3-8(12)4-2-7;11-8-3-1-7(2-4-8)10-13-9(5-12)6-14-10;1-2;;;/h2-5,7H,6H2;2*1-4,6H,5H2;;1H;;/q;;;-1;;2*+1/p-1. The van der Waals surface area contributed by atoms with Crippen molar-refractivity contribution in [3.05, 3.63) is 144 Å².